The van der Waals surface area contributed by atoms with Crippen molar-refractivity contribution in [3.63, 3.8) is 0 Å². The maximum atomic E-state index is 13.0. The highest BCUT2D eigenvalue weighted by Gasteiger charge is 2.40. The molecule has 2 heterocycles. The number of benzene rings is 1. The lowest BCUT2D eigenvalue weighted by molar-refractivity contribution is -0.134. The summed E-state index contributed by atoms with van der Waals surface area (Å²) in [6.45, 7) is 5.52. The number of rotatable bonds is 4. The van der Waals surface area contributed by atoms with Crippen molar-refractivity contribution >= 4 is 22.7 Å². The first-order valence-electron chi connectivity index (χ1n) is 8.75. The van der Waals surface area contributed by atoms with Crippen LogP contribution in [0.15, 0.2) is 36.5 Å². The monoisotopic (exact) mass is 340 g/mol. The minimum atomic E-state index is -0.492. The molecule has 1 saturated heterocycles. The van der Waals surface area contributed by atoms with E-state index in [9.17, 15) is 9.59 Å². The summed E-state index contributed by atoms with van der Waals surface area (Å²) < 4.78 is 0. The molecule has 1 aromatic heterocycles. The van der Waals surface area contributed by atoms with E-state index in [2.05, 4.69) is 4.98 Å². The molecule has 2 amide bonds. The van der Waals surface area contributed by atoms with Crippen LogP contribution in [0.2, 0.25) is 0 Å². The molecule has 6 nitrogen and oxygen atoms in total. The topological polar surface area (TPSA) is 79.5 Å². The molecule has 132 valence electrons. The molecule has 0 saturated carbocycles. The summed E-state index contributed by atoms with van der Waals surface area (Å²) in [5, 5.41) is 0.906. The third-order valence-electron chi connectivity index (χ3n) is 4.79. The van der Waals surface area contributed by atoms with E-state index in [0.29, 0.717) is 31.6 Å². The van der Waals surface area contributed by atoms with E-state index in [0.717, 1.165) is 10.9 Å². The average molecular weight is 340 g/mol. The molecule has 1 aromatic carbocycles. The van der Waals surface area contributed by atoms with Crippen molar-refractivity contribution in [3.05, 3.63) is 42.1 Å². The number of para-hydroxylation sites is 1. The van der Waals surface area contributed by atoms with E-state index in [1.807, 2.05) is 44.2 Å². The van der Waals surface area contributed by atoms with Crippen LogP contribution < -0.4 is 5.73 Å². The minimum Gasteiger partial charge on any atom is -0.341 e. The van der Waals surface area contributed by atoms with Crippen molar-refractivity contribution in [2.24, 2.45) is 5.73 Å². The smallest absolute Gasteiger partial charge is 0.256 e. The van der Waals surface area contributed by atoms with Crippen LogP contribution in [0.25, 0.3) is 10.9 Å². The van der Waals surface area contributed by atoms with Crippen LogP contribution in [0, 0.1) is 0 Å². The van der Waals surface area contributed by atoms with Gasteiger partial charge in [0.1, 0.15) is 6.04 Å². The Hall–Kier alpha value is -2.47. The largest absolute Gasteiger partial charge is 0.341 e. The van der Waals surface area contributed by atoms with Crippen LogP contribution in [-0.4, -0.2) is 58.3 Å². The van der Waals surface area contributed by atoms with Gasteiger partial charge >= 0.3 is 0 Å². The van der Waals surface area contributed by atoms with E-state index in [4.69, 9.17) is 5.73 Å². The van der Waals surface area contributed by atoms with Crippen molar-refractivity contribution in [1.82, 2.24) is 14.8 Å². The van der Waals surface area contributed by atoms with E-state index < -0.39 is 6.04 Å². The van der Waals surface area contributed by atoms with Gasteiger partial charge in [0.15, 0.2) is 0 Å². The van der Waals surface area contributed by atoms with Crippen LogP contribution in [0.5, 0.6) is 0 Å². The zero-order chi connectivity index (χ0) is 18.0. The van der Waals surface area contributed by atoms with Gasteiger partial charge in [0.25, 0.3) is 5.91 Å². The minimum absolute atomic E-state index is 0.0277. The van der Waals surface area contributed by atoms with Crippen LogP contribution in [0.1, 0.15) is 30.6 Å². The molecule has 0 spiro atoms. The Morgan fingerprint density at radius 2 is 2.00 bits per heavy atom. The maximum Gasteiger partial charge on any atom is 0.256 e. The van der Waals surface area contributed by atoms with Gasteiger partial charge in [-0.15, -0.1) is 0 Å². The lowest BCUT2D eigenvalue weighted by atomic mass is 10.1. The number of hydrogen-bond donors (Lipinski definition) is 1. The normalized spacial score (nSPS) is 20.0. The number of hydrogen-bond acceptors (Lipinski definition) is 4. The second-order valence-corrected chi connectivity index (χ2v) is 6.40. The molecular formula is C19H24N4O2. The Morgan fingerprint density at radius 3 is 2.72 bits per heavy atom. The van der Waals surface area contributed by atoms with Crippen molar-refractivity contribution in [3.8, 4) is 0 Å². The molecule has 0 bridgehead atoms. The van der Waals surface area contributed by atoms with E-state index in [1.54, 1.807) is 16.0 Å². The molecule has 2 aromatic rings. The number of nitrogens with zero attached hydrogens (tertiary/aromatic N) is 3. The molecule has 1 aliphatic rings. The number of carbonyl (C=O) groups is 2. The zero-order valence-electron chi connectivity index (χ0n) is 14.7. The molecule has 3 rings (SSSR count). The summed E-state index contributed by atoms with van der Waals surface area (Å²) in [6, 6.07) is 8.81. The quantitative estimate of drug-likeness (QED) is 0.918. The lowest BCUT2D eigenvalue weighted by Crippen LogP contribution is -2.47. The number of carbonyl (C=O) groups excluding carboxylic acids is 2. The van der Waals surface area contributed by atoms with Gasteiger partial charge < -0.3 is 15.5 Å². The first-order chi connectivity index (χ1) is 12.0. The first kappa shape index (κ1) is 17.4. The van der Waals surface area contributed by atoms with Gasteiger partial charge in [0, 0.05) is 37.3 Å². The van der Waals surface area contributed by atoms with Gasteiger partial charge in [-0.05, 0) is 32.4 Å². The van der Waals surface area contributed by atoms with Crippen LogP contribution in [0.4, 0.5) is 0 Å². The predicted octanol–water partition coefficient (Wildman–Crippen LogP) is 1.65. The number of amides is 2. The number of likely N-dealkylation sites (tertiary alicyclic amines) is 1. The Kier molecular flexibility index (Phi) is 4.99. The zero-order valence-corrected chi connectivity index (χ0v) is 14.7. The second-order valence-electron chi connectivity index (χ2n) is 6.40. The number of likely N-dealkylation sites (N-methyl/N-ethyl adjacent to an activating group) is 1. The van der Waals surface area contributed by atoms with Gasteiger partial charge in [-0.2, -0.15) is 0 Å². The first-order valence-corrected chi connectivity index (χ1v) is 8.75. The Bertz CT molecular complexity index is 788. The third-order valence-corrected chi connectivity index (χ3v) is 4.79. The number of aromatic nitrogens is 1. The van der Waals surface area contributed by atoms with Crippen LogP contribution in [0.3, 0.4) is 0 Å². The van der Waals surface area contributed by atoms with Crippen molar-refractivity contribution in [2.75, 3.05) is 19.6 Å². The molecule has 0 aliphatic carbocycles. The standard InChI is InChI=1S/C19H24N4O2/c1-3-22(4-2)19(25)17-10-15(20)12-23(17)18(24)14-9-13-7-5-6-8-16(13)21-11-14/h5-9,11,15,17H,3-4,10,12,20H2,1-2H3/t15-,17-/m0/s1. The fraction of sp³-hybridized carbons (Fsp3) is 0.421. The number of nitrogens with two attached hydrogens (primary N) is 1. The third kappa shape index (κ3) is 3.35. The molecule has 6 heteroatoms. The van der Waals surface area contributed by atoms with E-state index >= 15 is 0 Å². The SMILES string of the molecule is CCN(CC)C(=O)[C@@H]1C[C@H](N)CN1C(=O)c1cnc2ccccc2c1. The highest BCUT2D eigenvalue weighted by molar-refractivity contribution is 6.00. The molecule has 2 atom stereocenters. The van der Waals surface area contributed by atoms with Gasteiger partial charge in [0.2, 0.25) is 5.91 Å². The molecular weight excluding hydrogens is 316 g/mol. The van der Waals surface area contributed by atoms with Crippen molar-refractivity contribution < 1.29 is 9.59 Å². The Morgan fingerprint density at radius 1 is 1.28 bits per heavy atom. The summed E-state index contributed by atoms with van der Waals surface area (Å²) in [5.74, 6) is -0.211. The average Bonchev–Trinajstić information content (AvgIpc) is 3.03. The fourth-order valence-corrected chi connectivity index (χ4v) is 3.43. The highest BCUT2D eigenvalue weighted by atomic mass is 16.2. The second kappa shape index (κ2) is 7.19. The summed E-state index contributed by atoms with van der Waals surface area (Å²) in [4.78, 5) is 33.5. The summed E-state index contributed by atoms with van der Waals surface area (Å²) in [7, 11) is 0. The molecule has 25 heavy (non-hydrogen) atoms. The summed E-state index contributed by atoms with van der Waals surface area (Å²) in [6.07, 6.45) is 2.08. The van der Waals surface area contributed by atoms with Crippen molar-refractivity contribution in [1.29, 1.82) is 0 Å². The summed E-state index contributed by atoms with van der Waals surface area (Å²) in [5.41, 5.74) is 7.39. The molecule has 0 radical (unpaired) electrons. The molecule has 2 N–H and O–H groups in total. The number of pyridine rings is 1. The molecule has 1 aliphatic heterocycles. The lowest BCUT2D eigenvalue weighted by Gasteiger charge is -2.28. The summed E-state index contributed by atoms with van der Waals surface area (Å²) >= 11 is 0. The van der Waals surface area contributed by atoms with Crippen LogP contribution >= 0.6 is 0 Å². The molecule has 1 fully saturated rings. The molecule has 0 unspecified atom stereocenters. The van der Waals surface area contributed by atoms with Gasteiger partial charge in [0.05, 0.1) is 11.1 Å². The maximum absolute atomic E-state index is 13.0. The predicted molar refractivity (Wildman–Crippen MR) is 97.1 cm³/mol. The van der Waals surface area contributed by atoms with E-state index in [-0.39, 0.29) is 17.9 Å². The van der Waals surface area contributed by atoms with Gasteiger partial charge in [-0.25, -0.2) is 0 Å². The Balaban J connectivity index is 1.88. The van der Waals surface area contributed by atoms with E-state index in [1.165, 1.54) is 0 Å². The van der Waals surface area contributed by atoms with Crippen LogP contribution in [-0.2, 0) is 4.79 Å². The highest BCUT2D eigenvalue weighted by Crippen LogP contribution is 2.23. The van der Waals surface area contributed by atoms with Gasteiger partial charge in [-0.1, -0.05) is 18.2 Å². The van der Waals surface area contributed by atoms with Crippen molar-refractivity contribution in [2.45, 2.75) is 32.4 Å². The fourth-order valence-electron chi connectivity index (χ4n) is 3.43. The van der Waals surface area contributed by atoms with Gasteiger partial charge in [-0.3, -0.25) is 14.6 Å². The number of fused-ring (bicyclic) bond motifs is 1. The Labute approximate surface area is 147 Å².